The van der Waals surface area contributed by atoms with Gasteiger partial charge in [-0.1, -0.05) is 46.8 Å². The van der Waals surface area contributed by atoms with Crippen LogP contribution in [0.15, 0.2) is 30.4 Å². The van der Waals surface area contributed by atoms with Gasteiger partial charge in [-0.05, 0) is 122 Å². The number of ether oxygens (including phenoxy) is 3. The van der Waals surface area contributed by atoms with Crippen LogP contribution in [0.4, 0.5) is 0 Å². The lowest BCUT2D eigenvalue weighted by atomic mass is 9.34. The summed E-state index contributed by atoms with van der Waals surface area (Å²) in [4.78, 5) is 40.8. The Bertz CT molecular complexity index is 1500. The van der Waals surface area contributed by atoms with Crippen LogP contribution in [0.3, 0.4) is 0 Å². The van der Waals surface area contributed by atoms with Crippen molar-refractivity contribution in [3.05, 3.63) is 35.9 Å². The second-order valence-electron chi connectivity index (χ2n) is 17.0. The van der Waals surface area contributed by atoms with Gasteiger partial charge in [0.2, 0.25) is 0 Å². The van der Waals surface area contributed by atoms with Crippen molar-refractivity contribution in [3.8, 4) is 11.5 Å². The fourth-order valence-electron chi connectivity index (χ4n) is 13.1. The summed E-state index contributed by atoms with van der Waals surface area (Å²) >= 11 is 0. The first-order valence-corrected chi connectivity index (χ1v) is 17.5. The number of methoxy groups -OCH3 is 2. The van der Waals surface area contributed by atoms with Crippen molar-refractivity contribution in [1.29, 1.82) is 0 Å². The number of carboxylic acid groups (broad SMARTS) is 1. The molecule has 0 aromatic heterocycles. The van der Waals surface area contributed by atoms with Gasteiger partial charge in [0.25, 0.3) is 0 Å². The zero-order valence-electron chi connectivity index (χ0n) is 29.5. The summed E-state index contributed by atoms with van der Waals surface area (Å²) in [5.74, 6) is -1.37. The lowest BCUT2D eigenvalue weighted by Gasteiger charge is -2.70. The largest absolute Gasteiger partial charge is 0.504 e. The van der Waals surface area contributed by atoms with E-state index in [1.807, 2.05) is 0 Å². The van der Waals surface area contributed by atoms with Gasteiger partial charge in [-0.2, -0.15) is 0 Å². The molecule has 0 saturated heterocycles. The number of fused-ring (bicyclic) bond motifs is 7. The number of aliphatic carboxylic acids is 1. The van der Waals surface area contributed by atoms with Gasteiger partial charge in [-0.3, -0.25) is 9.59 Å². The molecule has 258 valence electrons. The zero-order valence-corrected chi connectivity index (χ0v) is 29.5. The quantitative estimate of drug-likeness (QED) is 0.238. The number of esters is 2. The van der Waals surface area contributed by atoms with Crippen LogP contribution in [-0.4, -0.2) is 48.4 Å². The second kappa shape index (κ2) is 11.0. The van der Waals surface area contributed by atoms with E-state index in [2.05, 4.69) is 48.1 Å². The molecule has 5 aliphatic carbocycles. The number of hydrogen-bond donors (Lipinski definition) is 2. The number of phenols is 1. The first-order valence-electron chi connectivity index (χ1n) is 17.5. The molecule has 0 heterocycles. The number of carbonyl (C=O) groups excluding carboxylic acids is 2. The van der Waals surface area contributed by atoms with Gasteiger partial charge in [0.1, 0.15) is 12.0 Å². The van der Waals surface area contributed by atoms with Gasteiger partial charge in [0, 0.05) is 5.41 Å². The maximum absolute atomic E-state index is 14.0. The highest BCUT2D eigenvalue weighted by atomic mass is 16.6. The van der Waals surface area contributed by atoms with Crippen LogP contribution in [0.25, 0.3) is 0 Å². The van der Waals surface area contributed by atoms with E-state index in [0.29, 0.717) is 6.42 Å². The Morgan fingerprint density at radius 2 is 1.60 bits per heavy atom. The number of benzene rings is 1. The molecule has 5 aliphatic rings. The summed E-state index contributed by atoms with van der Waals surface area (Å²) in [5, 5.41) is 20.8. The van der Waals surface area contributed by atoms with Gasteiger partial charge >= 0.3 is 17.9 Å². The Kier molecular flexibility index (Phi) is 7.92. The summed E-state index contributed by atoms with van der Waals surface area (Å²) in [6.07, 6.45) is 6.06. The van der Waals surface area contributed by atoms with Crippen molar-refractivity contribution < 1.29 is 38.8 Å². The summed E-state index contributed by atoms with van der Waals surface area (Å²) in [5.41, 5.74) is -0.662. The SMILES string of the molecule is C=C(C)[C@@H]1CC[C@]2(C(=O)O)CC[C@]3(C)[C@H](CC[C@@H]4[C@@]5(C)[C@@H](C(=O)OC)[C@H](OC(=O)c6ccc(O)c(OC)c6)C(C)(C)[C@@H]5CC[C@]43C)[C@@H]12. The summed E-state index contributed by atoms with van der Waals surface area (Å²) in [7, 11) is 2.84. The predicted octanol–water partition coefficient (Wildman–Crippen LogP) is 7.68. The van der Waals surface area contributed by atoms with E-state index in [0.717, 1.165) is 50.5 Å². The monoisotopic (exact) mass is 650 g/mol. The average Bonchev–Trinajstić information content (AvgIpc) is 3.49. The van der Waals surface area contributed by atoms with Crippen molar-refractivity contribution in [1.82, 2.24) is 0 Å². The maximum Gasteiger partial charge on any atom is 0.338 e. The average molecular weight is 651 g/mol. The normalized spacial score (nSPS) is 43.0. The Morgan fingerprint density at radius 3 is 2.21 bits per heavy atom. The smallest absolute Gasteiger partial charge is 0.338 e. The third-order valence-corrected chi connectivity index (χ3v) is 15.4. The van der Waals surface area contributed by atoms with Crippen molar-refractivity contribution in [3.63, 3.8) is 0 Å². The van der Waals surface area contributed by atoms with E-state index in [1.165, 1.54) is 32.4 Å². The van der Waals surface area contributed by atoms with Gasteiger partial charge in [-0.15, -0.1) is 0 Å². The molecule has 1 aromatic carbocycles. The van der Waals surface area contributed by atoms with E-state index in [1.54, 1.807) is 0 Å². The van der Waals surface area contributed by atoms with Crippen molar-refractivity contribution in [2.24, 2.45) is 62.6 Å². The molecule has 8 heteroatoms. The van der Waals surface area contributed by atoms with E-state index in [4.69, 9.17) is 14.2 Å². The van der Waals surface area contributed by atoms with Gasteiger partial charge in [-0.25, -0.2) is 4.79 Å². The molecule has 0 amide bonds. The first kappa shape index (κ1) is 33.9. The highest BCUT2D eigenvalue weighted by Gasteiger charge is 2.76. The molecule has 0 radical (unpaired) electrons. The first-order chi connectivity index (χ1) is 22.0. The van der Waals surface area contributed by atoms with Crippen LogP contribution in [0.2, 0.25) is 0 Å². The Morgan fingerprint density at radius 1 is 0.894 bits per heavy atom. The van der Waals surface area contributed by atoms with Gasteiger partial charge in [0.05, 0.1) is 25.2 Å². The van der Waals surface area contributed by atoms with E-state index in [9.17, 15) is 24.6 Å². The lowest BCUT2D eigenvalue weighted by Crippen LogP contribution is -2.65. The van der Waals surface area contributed by atoms with Crippen molar-refractivity contribution >= 4 is 17.9 Å². The molecular formula is C39H54O8. The minimum Gasteiger partial charge on any atom is -0.504 e. The van der Waals surface area contributed by atoms with E-state index < -0.39 is 40.2 Å². The summed E-state index contributed by atoms with van der Waals surface area (Å²) in [6, 6.07) is 4.37. The topological polar surface area (TPSA) is 119 Å². The van der Waals surface area contributed by atoms with Gasteiger partial charge < -0.3 is 24.4 Å². The van der Waals surface area contributed by atoms with Gasteiger partial charge in [0.15, 0.2) is 11.5 Å². The minimum atomic E-state index is -0.723. The number of hydrogen-bond acceptors (Lipinski definition) is 7. The third-order valence-electron chi connectivity index (χ3n) is 15.4. The molecule has 5 fully saturated rings. The highest BCUT2D eigenvalue weighted by Crippen LogP contribution is 2.79. The fraction of sp³-hybridized carbons (Fsp3) is 0.718. The Hall–Kier alpha value is -3.03. The number of aromatic hydroxyl groups is 1. The molecule has 0 bridgehead atoms. The Balaban J connectivity index is 1.41. The minimum absolute atomic E-state index is 0.0620. The lowest BCUT2D eigenvalue weighted by molar-refractivity contribution is -0.228. The molecule has 0 aliphatic heterocycles. The number of allylic oxidation sites excluding steroid dienone is 1. The van der Waals surface area contributed by atoms with Crippen LogP contribution in [0.5, 0.6) is 11.5 Å². The standard InChI is InChI=1S/C39H54O8/c1-21(2)23-14-17-39(34(43)44)19-18-36(5)24(29(23)39)11-13-28-37(36,6)16-15-27-35(3,4)31(30(33(42)46-9)38(27,28)7)47-32(41)22-10-12-25(40)26(20-22)45-8/h10,12,20,23-24,27-31,40H,1,11,13-19H2,2-9H3,(H,43,44)/t23-,24+,27-,28-,29+,30+,31-,36+,37+,38-,39-/m0/s1. The highest BCUT2D eigenvalue weighted by molar-refractivity contribution is 5.91. The molecule has 1 aromatic rings. The molecule has 0 spiro atoms. The van der Waals surface area contributed by atoms with Crippen molar-refractivity contribution in [2.75, 3.05) is 14.2 Å². The van der Waals surface area contributed by atoms with Crippen LogP contribution < -0.4 is 4.74 Å². The molecule has 2 N–H and O–H groups in total. The zero-order chi connectivity index (χ0) is 34.5. The van der Waals surface area contributed by atoms with Crippen LogP contribution in [0.1, 0.15) is 103 Å². The third kappa shape index (κ3) is 4.34. The molecule has 11 atom stereocenters. The van der Waals surface area contributed by atoms with E-state index >= 15 is 0 Å². The second-order valence-corrected chi connectivity index (χ2v) is 17.0. The number of carboxylic acids is 1. The fourth-order valence-corrected chi connectivity index (χ4v) is 13.1. The number of phenolic OH excluding ortho intramolecular Hbond substituents is 1. The van der Waals surface area contributed by atoms with Crippen LogP contribution in [-0.2, 0) is 19.1 Å². The predicted molar refractivity (Wildman–Crippen MR) is 177 cm³/mol. The Labute approximate surface area is 279 Å². The molecule has 8 nitrogen and oxygen atoms in total. The van der Waals surface area contributed by atoms with Crippen LogP contribution >= 0.6 is 0 Å². The number of rotatable bonds is 6. The van der Waals surface area contributed by atoms with Crippen LogP contribution in [0, 0.1) is 62.6 Å². The maximum atomic E-state index is 14.0. The molecule has 5 saturated carbocycles. The van der Waals surface area contributed by atoms with Crippen molar-refractivity contribution in [2.45, 2.75) is 99.0 Å². The summed E-state index contributed by atoms with van der Waals surface area (Å²) < 4.78 is 17.1. The molecular weight excluding hydrogens is 596 g/mol. The van der Waals surface area contributed by atoms with E-state index in [-0.39, 0.29) is 63.5 Å². The molecule has 0 unspecified atom stereocenters. The summed E-state index contributed by atoms with van der Waals surface area (Å²) in [6.45, 7) is 17.8. The molecule has 47 heavy (non-hydrogen) atoms. The number of carbonyl (C=O) groups is 3. The molecule has 6 rings (SSSR count).